The smallest absolute Gasteiger partial charge is 0.408 e. The Morgan fingerprint density at radius 2 is 1.15 bits per heavy atom. The molecule has 1 saturated heterocycles. The molecule has 298 valence electrons. The van der Waals surface area contributed by atoms with Gasteiger partial charge in [0.1, 0.15) is 49.1 Å². The Kier molecular flexibility index (Phi) is 19.0. The van der Waals surface area contributed by atoms with Gasteiger partial charge in [-0.3, -0.25) is 9.59 Å². The highest BCUT2D eigenvalue weighted by atomic mass is 32.1. The Labute approximate surface area is 328 Å². The van der Waals surface area contributed by atoms with Gasteiger partial charge in [0.05, 0.1) is 0 Å². The molecular weight excluding hydrogens is 735 g/mol. The molecule has 3 rings (SSSR count). The van der Waals surface area contributed by atoms with Crippen molar-refractivity contribution >= 4 is 48.5 Å². The number of aliphatic carboxylic acids is 1. The molecule has 1 heterocycles. The molecule has 15 nitrogen and oxygen atoms in total. The van der Waals surface area contributed by atoms with E-state index >= 15 is 0 Å². The first-order valence-corrected chi connectivity index (χ1v) is 17.6. The van der Waals surface area contributed by atoms with Crippen molar-refractivity contribution in [3.8, 4) is 36.2 Å². The van der Waals surface area contributed by atoms with Crippen molar-refractivity contribution in [2.24, 2.45) is 0 Å². The number of imide groups is 1. The van der Waals surface area contributed by atoms with Gasteiger partial charge in [-0.05, 0) is 83.2 Å². The molecular formula is C39H49N3O12S. The lowest BCUT2D eigenvalue weighted by Crippen LogP contribution is -2.48. The maximum atomic E-state index is 12.6. The molecule has 1 aliphatic heterocycles. The molecule has 2 aromatic rings. The molecule has 16 heteroatoms. The highest BCUT2D eigenvalue weighted by Gasteiger charge is 2.36. The number of carbonyl (C=O) groups excluding carboxylic acids is 5. The molecule has 3 N–H and O–H groups in total. The molecule has 55 heavy (non-hydrogen) atoms. The first-order chi connectivity index (χ1) is 26.2. The van der Waals surface area contributed by atoms with Crippen LogP contribution in [0.3, 0.4) is 0 Å². The van der Waals surface area contributed by atoms with Crippen LogP contribution in [0.2, 0.25) is 0 Å². The Morgan fingerprint density at radius 1 is 0.782 bits per heavy atom. The van der Waals surface area contributed by atoms with Gasteiger partial charge in [0.25, 0.3) is 11.8 Å². The van der Waals surface area contributed by atoms with Crippen LogP contribution in [-0.2, 0) is 46.3 Å². The van der Waals surface area contributed by atoms with Gasteiger partial charge < -0.3 is 39.5 Å². The van der Waals surface area contributed by atoms with Crippen LogP contribution in [0.1, 0.15) is 65.5 Å². The number of hydrogen-bond acceptors (Lipinski definition) is 12. The minimum Gasteiger partial charge on any atom is -0.481 e. The van der Waals surface area contributed by atoms with E-state index in [0.29, 0.717) is 22.1 Å². The normalized spacial score (nSPS) is 13.3. The van der Waals surface area contributed by atoms with Crippen molar-refractivity contribution < 1.29 is 57.7 Å². The zero-order chi connectivity index (χ0) is 42.5. The third kappa shape index (κ3) is 19.2. The average Bonchev–Trinajstić information content (AvgIpc) is 3.41. The summed E-state index contributed by atoms with van der Waals surface area (Å²) in [7, 11) is 0. The van der Waals surface area contributed by atoms with Crippen molar-refractivity contribution in [2.75, 3.05) is 19.5 Å². The first-order valence-electron chi connectivity index (χ1n) is 17.2. The van der Waals surface area contributed by atoms with Crippen LogP contribution in [0.4, 0.5) is 9.59 Å². The molecule has 0 spiro atoms. The second-order valence-corrected chi connectivity index (χ2v) is 13.4. The lowest BCUT2D eigenvalue weighted by molar-refractivity contribution is -0.198. The number of terminal acetylenes is 2. The molecule has 1 aliphatic rings. The third-order valence-electron chi connectivity index (χ3n) is 6.52. The number of carboxylic acids is 1. The number of alkyl carbamates (subject to hydrolysis) is 2. The lowest BCUT2D eigenvalue weighted by Gasteiger charge is -2.23. The van der Waals surface area contributed by atoms with E-state index in [2.05, 4.69) is 22.5 Å². The molecule has 0 aromatic heterocycles. The Hall–Kier alpha value is -5.87. The molecule has 0 bridgehead atoms. The largest absolute Gasteiger partial charge is 0.481 e. The van der Waals surface area contributed by atoms with Gasteiger partial charge in [0.2, 0.25) is 0 Å². The van der Waals surface area contributed by atoms with Crippen molar-refractivity contribution in [1.82, 2.24) is 15.7 Å². The van der Waals surface area contributed by atoms with Crippen LogP contribution in [0, 0.1) is 24.7 Å². The first kappa shape index (κ1) is 45.3. The quantitative estimate of drug-likeness (QED) is 0.126. The van der Waals surface area contributed by atoms with Gasteiger partial charge in [0, 0.05) is 25.7 Å². The maximum absolute atomic E-state index is 12.6. The van der Waals surface area contributed by atoms with Crippen molar-refractivity contribution in [3.05, 3.63) is 59.7 Å². The molecule has 1 fully saturated rings. The van der Waals surface area contributed by atoms with E-state index in [1.54, 1.807) is 96.3 Å². The van der Waals surface area contributed by atoms with Gasteiger partial charge >= 0.3 is 24.1 Å². The summed E-state index contributed by atoms with van der Waals surface area (Å²) < 4.78 is 26.9. The van der Waals surface area contributed by atoms with Crippen LogP contribution in [-0.4, -0.2) is 90.0 Å². The number of thiol groups is 1. The molecule has 2 aromatic carbocycles. The summed E-state index contributed by atoms with van der Waals surface area (Å²) in [4.78, 5) is 76.2. The van der Waals surface area contributed by atoms with Crippen LogP contribution in [0.15, 0.2) is 48.5 Å². The lowest BCUT2D eigenvalue weighted by atomic mass is 10.1. The monoisotopic (exact) mass is 784 g/mol. The summed E-state index contributed by atoms with van der Waals surface area (Å²) >= 11 is 1.000. The molecule has 0 radical (unpaired) electrons. The van der Waals surface area contributed by atoms with E-state index in [0.717, 1.165) is 18.1 Å². The van der Waals surface area contributed by atoms with Crippen LogP contribution in [0.25, 0.3) is 0 Å². The van der Waals surface area contributed by atoms with E-state index in [1.807, 2.05) is 0 Å². The summed E-state index contributed by atoms with van der Waals surface area (Å²) in [6, 6.07) is 11.3. The number of hydrogen-bond donors (Lipinski definition) is 4. The van der Waals surface area contributed by atoms with Gasteiger partial charge in [-0.1, -0.05) is 36.1 Å². The second-order valence-electron chi connectivity index (χ2n) is 13.4. The van der Waals surface area contributed by atoms with E-state index in [1.165, 1.54) is 0 Å². The van der Waals surface area contributed by atoms with Gasteiger partial charge in [-0.2, -0.15) is 12.5 Å². The number of nitrogens with one attached hydrogen (secondary N) is 2. The van der Waals surface area contributed by atoms with E-state index in [4.69, 9.17) is 37.8 Å². The minimum absolute atomic E-state index is 0.0315. The molecule has 0 aliphatic carbocycles. The second kappa shape index (κ2) is 23.0. The number of ether oxygens (including phenoxy) is 4. The van der Waals surface area contributed by atoms with Crippen LogP contribution in [0.5, 0.6) is 11.5 Å². The predicted molar refractivity (Wildman–Crippen MR) is 205 cm³/mol. The maximum Gasteiger partial charge on any atom is 0.408 e. The SMILES string of the molecule is C#CCOc1ccc(CC(NC(=O)OC(C)(C)C)C(=O)O)cc1.C#CCOc1ccc(CC(NC(=O)OC(C)(C)C)C(=O)ON2C(=O)CCC2=O)cc1.[2H]SC. The summed E-state index contributed by atoms with van der Waals surface area (Å²) in [6.45, 7) is 10.4. The highest BCUT2D eigenvalue weighted by Crippen LogP contribution is 2.18. The number of carbonyl (C=O) groups is 6. The topological polar surface area (TPSA) is 196 Å². The summed E-state index contributed by atoms with van der Waals surface area (Å²) in [5.41, 5.74) is -0.0693. The van der Waals surface area contributed by atoms with Gasteiger partial charge in [-0.15, -0.1) is 17.9 Å². The minimum atomic E-state index is -1.20. The van der Waals surface area contributed by atoms with Crippen LogP contribution >= 0.6 is 12.5 Å². The molecule has 4 amide bonds. The summed E-state index contributed by atoms with van der Waals surface area (Å²) in [5, 5.41) is 14.5. The van der Waals surface area contributed by atoms with E-state index < -0.39 is 59.2 Å². The number of hydroxylamine groups is 2. The average molecular weight is 785 g/mol. The summed E-state index contributed by atoms with van der Waals surface area (Å²) in [5.74, 6) is 2.53. The van der Waals surface area contributed by atoms with Crippen LogP contribution < -0.4 is 20.1 Å². The fraction of sp³-hybridized carbons (Fsp3) is 0.436. The molecule has 2 atom stereocenters. The van der Waals surface area contributed by atoms with Gasteiger partial charge in [-0.25, -0.2) is 19.2 Å². The van der Waals surface area contributed by atoms with Gasteiger partial charge in [0.15, 0.2) is 0 Å². The highest BCUT2D eigenvalue weighted by molar-refractivity contribution is 7.79. The van der Waals surface area contributed by atoms with Crippen molar-refractivity contribution in [1.29, 1.82) is 1.12 Å². The zero-order valence-corrected chi connectivity index (χ0v) is 32.8. The number of carboxylic acid groups (broad SMARTS) is 1. The van der Waals surface area contributed by atoms with Crippen molar-refractivity contribution in [3.63, 3.8) is 0 Å². The third-order valence-corrected chi connectivity index (χ3v) is 6.52. The Morgan fingerprint density at radius 3 is 1.49 bits per heavy atom. The number of rotatable bonds is 13. The molecule has 2 unspecified atom stereocenters. The fourth-order valence-electron chi connectivity index (χ4n) is 4.27. The standard InChI is InChI=1S/C21H24N2O7.C17H21NO5.CH4S/c1-5-12-28-15-8-6-14(7-9-15)13-16(22-20(27)29-21(2,3)4)19(26)30-23-17(24)10-11-18(23)25;1-5-10-22-13-8-6-12(7-9-13)11-14(15(19)20)18-16(21)23-17(2,3)4;1-2/h1,6-9,16H,10-13H2,2-4H3,(H,22,27);1,6-9,14H,10-11H2,2-4H3,(H,18,21)(H,19,20);2H,1H3/i/hD. The predicted octanol–water partition coefficient (Wildman–Crippen LogP) is 4.51. The van der Waals surface area contributed by atoms with E-state index in [-0.39, 0.29) is 38.9 Å². The summed E-state index contributed by atoms with van der Waals surface area (Å²) in [6.07, 6.45) is 10.5. The molecule has 0 saturated carbocycles. The number of amides is 4. The fourth-order valence-corrected chi connectivity index (χ4v) is 4.27. The number of benzene rings is 2. The zero-order valence-electron chi connectivity index (χ0n) is 33.0. The Bertz CT molecular complexity index is 1690. The number of nitrogens with zero attached hydrogens (tertiary/aromatic N) is 1. The van der Waals surface area contributed by atoms with E-state index in [9.17, 15) is 33.9 Å². The Balaban J connectivity index is 0.000000540. The van der Waals surface area contributed by atoms with Crippen molar-refractivity contribution in [2.45, 2.75) is 90.5 Å².